The molecule has 0 bridgehead atoms. The van der Waals surface area contributed by atoms with Gasteiger partial charge in [-0.1, -0.05) is 56.7 Å². The van der Waals surface area contributed by atoms with E-state index in [1.54, 1.807) is 14.2 Å². The van der Waals surface area contributed by atoms with Gasteiger partial charge in [0.1, 0.15) is 11.5 Å². The molecule has 6 nitrogen and oxygen atoms in total. The van der Waals surface area contributed by atoms with E-state index in [0.717, 1.165) is 93.5 Å². The maximum Gasteiger partial charge on any atom is 0.119 e. The van der Waals surface area contributed by atoms with E-state index in [-0.39, 0.29) is 11.8 Å². The number of hydrogen-bond donors (Lipinski definition) is 3. The van der Waals surface area contributed by atoms with Crippen molar-refractivity contribution in [3.05, 3.63) is 59.2 Å². The first-order valence-electron chi connectivity index (χ1n) is 15.0. The Hall–Kier alpha value is -2.12. The molecule has 2 aliphatic carbocycles. The standard InChI is InChI=1S/C33H50N2O4/c1-35(24-31(33(37)19-8-5-9-20-33)25-10-12-27(38-2)13-11-25)21-16-26-22-28(39-3)14-15-29(26)30(23-34)32(36)17-6-4-7-18-32/h10-15,22,30-31,36-37H,4-9,16-21,23-24,34H2,1-3H3. The Bertz CT molecular complexity index is 1030. The fourth-order valence-corrected chi connectivity index (χ4v) is 7.06. The minimum atomic E-state index is -0.744. The zero-order valence-electron chi connectivity index (χ0n) is 24.3. The summed E-state index contributed by atoms with van der Waals surface area (Å²) in [5.41, 5.74) is 8.38. The topological polar surface area (TPSA) is 88.2 Å². The number of ether oxygens (including phenoxy) is 2. The SMILES string of the molecule is COc1ccc(C(CN(C)CCc2cc(OC)ccc2C(CN)C2(O)CCCCC2)C2(O)CCCCC2)cc1. The molecule has 4 rings (SSSR count). The largest absolute Gasteiger partial charge is 0.497 e. The molecule has 2 saturated carbocycles. The van der Waals surface area contributed by atoms with E-state index in [4.69, 9.17) is 15.2 Å². The first-order chi connectivity index (χ1) is 18.8. The summed E-state index contributed by atoms with van der Waals surface area (Å²) in [5.74, 6) is 1.61. The number of methoxy groups -OCH3 is 2. The van der Waals surface area contributed by atoms with Crippen LogP contribution in [-0.2, 0) is 6.42 Å². The van der Waals surface area contributed by atoms with Crippen molar-refractivity contribution >= 4 is 0 Å². The van der Waals surface area contributed by atoms with E-state index in [1.165, 1.54) is 18.4 Å². The van der Waals surface area contributed by atoms with Crippen LogP contribution in [0.4, 0.5) is 0 Å². The molecule has 0 aliphatic heterocycles. The van der Waals surface area contributed by atoms with Crippen molar-refractivity contribution in [2.24, 2.45) is 5.73 Å². The first-order valence-corrected chi connectivity index (χ1v) is 15.0. The van der Waals surface area contributed by atoms with Crippen LogP contribution in [0.1, 0.15) is 92.7 Å². The molecule has 2 fully saturated rings. The van der Waals surface area contributed by atoms with Crippen molar-refractivity contribution in [2.45, 2.75) is 93.7 Å². The highest BCUT2D eigenvalue weighted by Crippen LogP contribution is 2.42. The second kappa shape index (κ2) is 13.5. The van der Waals surface area contributed by atoms with Gasteiger partial charge in [-0.25, -0.2) is 0 Å². The molecule has 2 aromatic carbocycles. The van der Waals surface area contributed by atoms with E-state index < -0.39 is 11.2 Å². The molecule has 39 heavy (non-hydrogen) atoms. The molecule has 0 amide bonds. The lowest BCUT2D eigenvalue weighted by Gasteiger charge is -2.41. The van der Waals surface area contributed by atoms with Crippen LogP contribution >= 0.6 is 0 Å². The average Bonchev–Trinajstić information content (AvgIpc) is 2.96. The predicted molar refractivity (Wildman–Crippen MR) is 158 cm³/mol. The minimum absolute atomic E-state index is 0.0261. The summed E-state index contributed by atoms with van der Waals surface area (Å²) in [7, 11) is 5.53. The van der Waals surface area contributed by atoms with Crippen molar-refractivity contribution < 1.29 is 19.7 Å². The van der Waals surface area contributed by atoms with Gasteiger partial charge in [-0.05, 0) is 80.1 Å². The fraction of sp³-hybridized carbons (Fsp3) is 0.636. The highest BCUT2D eigenvalue weighted by Gasteiger charge is 2.40. The van der Waals surface area contributed by atoms with Crippen LogP contribution in [0.25, 0.3) is 0 Å². The molecule has 2 aromatic rings. The number of likely N-dealkylation sites (N-methyl/N-ethyl adjacent to an activating group) is 1. The second-order valence-corrected chi connectivity index (χ2v) is 12.0. The molecular weight excluding hydrogens is 488 g/mol. The molecule has 2 atom stereocenters. The van der Waals surface area contributed by atoms with Gasteiger partial charge in [0.25, 0.3) is 0 Å². The summed E-state index contributed by atoms with van der Waals surface area (Å²) in [6.45, 7) is 2.03. The van der Waals surface area contributed by atoms with Gasteiger partial charge in [-0.2, -0.15) is 0 Å². The van der Waals surface area contributed by atoms with Gasteiger partial charge in [0, 0.05) is 31.5 Å². The molecule has 4 N–H and O–H groups in total. The average molecular weight is 539 g/mol. The highest BCUT2D eigenvalue weighted by atomic mass is 16.5. The molecular formula is C33H50N2O4. The van der Waals surface area contributed by atoms with Crippen LogP contribution in [0.2, 0.25) is 0 Å². The molecule has 6 heteroatoms. The van der Waals surface area contributed by atoms with Gasteiger partial charge >= 0.3 is 0 Å². The van der Waals surface area contributed by atoms with Gasteiger partial charge < -0.3 is 30.3 Å². The Morgan fingerprint density at radius 2 is 1.33 bits per heavy atom. The number of nitrogens with two attached hydrogens (primary N) is 1. The molecule has 2 unspecified atom stereocenters. The third-order valence-corrected chi connectivity index (χ3v) is 9.47. The van der Waals surface area contributed by atoms with Crippen LogP contribution in [0.3, 0.4) is 0 Å². The van der Waals surface area contributed by atoms with Crippen LogP contribution in [0, 0.1) is 0 Å². The molecule has 0 heterocycles. The monoisotopic (exact) mass is 538 g/mol. The number of benzene rings is 2. The van der Waals surface area contributed by atoms with Crippen LogP contribution < -0.4 is 15.2 Å². The van der Waals surface area contributed by atoms with Crippen molar-refractivity contribution in [2.75, 3.05) is 40.9 Å². The maximum absolute atomic E-state index is 11.8. The lowest BCUT2D eigenvalue weighted by molar-refractivity contribution is -0.0292. The van der Waals surface area contributed by atoms with Gasteiger partial charge in [0.05, 0.1) is 25.4 Å². The predicted octanol–water partition coefficient (Wildman–Crippen LogP) is 5.39. The lowest BCUT2D eigenvalue weighted by Crippen LogP contribution is -2.44. The van der Waals surface area contributed by atoms with Crippen molar-refractivity contribution in [1.82, 2.24) is 4.90 Å². The molecule has 0 radical (unpaired) electrons. The van der Waals surface area contributed by atoms with Crippen molar-refractivity contribution in [1.29, 1.82) is 0 Å². The van der Waals surface area contributed by atoms with E-state index in [0.29, 0.717) is 6.54 Å². The Labute approximate surface area is 235 Å². The second-order valence-electron chi connectivity index (χ2n) is 12.0. The number of nitrogens with zero attached hydrogens (tertiary/aromatic N) is 1. The highest BCUT2D eigenvalue weighted by molar-refractivity contribution is 5.40. The molecule has 0 spiro atoms. The van der Waals surface area contributed by atoms with Crippen LogP contribution in [0.15, 0.2) is 42.5 Å². The van der Waals surface area contributed by atoms with E-state index in [2.05, 4.69) is 36.2 Å². The van der Waals surface area contributed by atoms with Gasteiger partial charge in [0.2, 0.25) is 0 Å². The Morgan fingerprint density at radius 3 is 1.87 bits per heavy atom. The number of rotatable bonds is 12. The summed E-state index contributed by atoms with van der Waals surface area (Å²) in [6.07, 6.45) is 10.7. The Balaban J connectivity index is 1.53. The third kappa shape index (κ3) is 7.15. The van der Waals surface area contributed by atoms with Crippen LogP contribution in [0.5, 0.6) is 11.5 Å². The normalized spacial score (nSPS) is 20.4. The summed E-state index contributed by atoms with van der Waals surface area (Å²) < 4.78 is 11.0. The smallest absolute Gasteiger partial charge is 0.119 e. The Morgan fingerprint density at radius 1 is 0.795 bits per heavy atom. The zero-order chi connectivity index (χ0) is 27.9. The minimum Gasteiger partial charge on any atom is -0.497 e. The molecule has 2 aliphatic rings. The quantitative estimate of drug-likeness (QED) is 0.336. The van der Waals surface area contributed by atoms with Gasteiger partial charge in [-0.15, -0.1) is 0 Å². The van der Waals surface area contributed by atoms with Crippen molar-refractivity contribution in [3.63, 3.8) is 0 Å². The van der Waals surface area contributed by atoms with Gasteiger partial charge in [-0.3, -0.25) is 0 Å². The first kappa shape index (κ1) is 29.9. The van der Waals surface area contributed by atoms with E-state index in [1.807, 2.05) is 18.2 Å². The van der Waals surface area contributed by atoms with Crippen LogP contribution in [-0.4, -0.2) is 67.2 Å². The summed E-state index contributed by atoms with van der Waals surface area (Å²) in [6, 6.07) is 14.5. The molecule has 0 saturated heterocycles. The molecule has 216 valence electrons. The van der Waals surface area contributed by atoms with Crippen molar-refractivity contribution in [3.8, 4) is 11.5 Å². The summed E-state index contributed by atoms with van der Waals surface area (Å²) in [5, 5.41) is 23.4. The van der Waals surface area contributed by atoms with E-state index >= 15 is 0 Å². The lowest BCUT2D eigenvalue weighted by atomic mass is 9.71. The van der Waals surface area contributed by atoms with E-state index in [9.17, 15) is 10.2 Å². The number of hydrogen-bond acceptors (Lipinski definition) is 6. The zero-order valence-corrected chi connectivity index (χ0v) is 24.3. The number of aliphatic hydroxyl groups is 2. The Kier molecular flexibility index (Phi) is 10.3. The van der Waals surface area contributed by atoms with Gasteiger partial charge in [0.15, 0.2) is 0 Å². The molecule has 0 aromatic heterocycles. The summed E-state index contributed by atoms with van der Waals surface area (Å²) >= 11 is 0. The maximum atomic E-state index is 11.8. The third-order valence-electron chi connectivity index (χ3n) is 9.47. The fourth-order valence-electron chi connectivity index (χ4n) is 7.06. The summed E-state index contributed by atoms with van der Waals surface area (Å²) in [4.78, 5) is 2.34.